The van der Waals surface area contributed by atoms with Crippen molar-refractivity contribution in [3.05, 3.63) is 41.5 Å². The lowest BCUT2D eigenvalue weighted by atomic mass is 10.0. The Labute approximate surface area is 92.5 Å². The van der Waals surface area contributed by atoms with Gasteiger partial charge in [0.05, 0.1) is 11.5 Å². The van der Waals surface area contributed by atoms with E-state index in [-0.39, 0.29) is 11.5 Å². The van der Waals surface area contributed by atoms with E-state index in [9.17, 15) is 17.2 Å². The van der Waals surface area contributed by atoms with Crippen molar-refractivity contribution in [3.63, 3.8) is 0 Å². The molecule has 1 aromatic carbocycles. The van der Waals surface area contributed by atoms with Gasteiger partial charge < -0.3 is 0 Å². The van der Waals surface area contributed by atoms with Crippen molar-refractivity contribution in [1.29, 1.82) is 0 Å². The van der Waals surface area contributed by atoms with E-state index in [4.69, 9.17) is 0 Å². The lowest BCUT2D eigenvalue weighted by molar-refractivity contribution is 0.582. The summed E-state index contributed by atoms with van der Waals surface area (Å²) in [4.78, 5) is 0. The third-order valence-corrected chi connectivity index (χ3v) is 4.00. The fraction of sp³-hybridized carbons (Fsp3) is 0.273. The standard InChI is InChI=1S/C11H10F2O2S/c12-10-5-9(6-11(13)7-10)8-1-3-16(14,15)4-2-8/h1,5-7H,2-4H2. The van der Waals surface area contributed by atoms with Gasteiger partial charge in [-0.25, -0.2) is 17.2 Å². The number of halogens is 2. The van der Waals surface area contributed by atoms with E-state index in [1.165, 1.54) is 18.2 Å². The largest absolute Gasteiger partial charge is 0.229 e. The van der Waals surface area contributed by atoms with E-state index in [2.05, 4.69) is 0 Å². The molecule has 2 nitrogen and oxygen atoms in total. The number of hydrogen-bond acceptors (Lipinski definition) is 2. The number of rotatable bonds is 1. The van der Waals surface area contributed by atoms with Crippen molar-refractivity contribution in [3.8, 4) is 0 Å². The van der Waals surface area contributed by atoms with Gasteiger partial charge in [0.25, 0.3) is 0 Å². The highest BCUT2D eigenvalue weighted by molar-refractivity contribution is 7.91. The minimum Gasteiger partial charge on any atom is -0.229 e. The van der Waals surface area contributed by atoms with Gasteiger partial charge in [-0.05, 0) is 29.7 Å². The molecule has 0 saturated heterocycles. The summed E-state index contributed by atoms with van der Waals surface area (Å²) in [6, 6.07) is 3.23. The highest BCUT2D eigenvalue weighted by atomic mass is 32.2. The summed E-state index contributed by atoms with van der Waals surface area (Å²) in [5.74, 6) is -1.31. The molecule has 0 aliphatic carbocycles. The van der Waals surface area contributed by atoms with Crippen molar-refractivity contribution >= 4 is 15.4 Å². The predicted molar refractivity (Wildman–Crippen MR) is 57.6 cm³/mol. The first-order chi connectivity index (χ1) is 7.46. The van der Waals surface area contributed by atoms with E-state index >= 15 is 0 Å². The Balaban J connectivity index is 2.36. The van der Waals surface area contributed by atoms with E-state index in [1.54, 1.807) is 0 Å². The Morgan fingerprint density at radius 3 is 2.19 bits per heavy atom. The molecule has 0 saturated carbocycles. The molecule has 5 heteroatoms. The van der Waals surface area contributed by atoms with E-state index in [1.807, 2.05) is 0 Å². The molecule has 1 aromatic rings. The molecule has 0 fully saturated rings. The fourth-order valence-electron chi connectivity index (χ4n) is 1.68. The average molecular weight is 244 g/mol. The molecule has 1 aliphatic rings. The van der Waals surface area contributed by atoms with Crippen LogP contribution in [0.1, 0.15) is 12.0 Å². The van der Waals surface area contributed by atoms with Gasteiger partial charge in [-0.3, -0.25) is 0 Å². The zero-order valence-corrected chi connectivity index (χ0v) is 9.23. The van der Waals surface area contributed by atoms with Crippen LogP contribution in [0.15, 0.2) is 24.3 Å². The molecule has 0 radical (unpaired) electrons. The Morgan fingerprint density at radius 1 is 1.06 bits per heavy atom. The van der Waals surface area contributed by atoms with Gasteiger partial charge in [-0.15, -0.1) is 0 Å². The normalized spacial score (nSPS) is 19.2. The summed E-state index contributed by atoms with van der Waals surface area (Å²) in [6.07, 6.45) is 1.83. The molecule has 0 spiro atoms. The van der Waals surface area contributed by atoms with Crippen LogP contribution in [0.2, 0.25) is 0 Å². The maximum absolute atomic E-state index is 12.9. The van der Waals surface area contributed by atoms with Crippen LogP contribution in [0.25, 0.3) is 5.57 Å². The molecule has 0 aromatic heterocycles. The second-order valence-electron chi connectivity index (χ2n) is 3.75. The van der Waals surface area contributed by atoms with Crippen LogP contribution in [0, 0.1) is 11.6 Å². The fourth-order valence-corrected chi connectivity index (χ4v) is 2.83. The molecule has 86 valence electrons. The molecule has 1 heterocycles. The van der Waals surface area contributed by atoms with Crippen molar-refractivity contribution in [2.45, 2.75) is 6.42 Å². The maximum Gasteiger partial charge on any atom is 0.154 e. The molecule has 1 aliphatic heterocycles. The Kier molecular flexibility index (Phi) is 2.80. The third kappa shape index (κ3) is 2.47. The summed E-state index contributed by atoms with van der Waals surface area (Å²) in [7, 11) is -3.01. The molecule has 2 rings (SSSR count). The van der Waals surface area contributed by atoms with Gasteiger partial charge in [-0.1, -0.05) is 6.08 Å². The SMILES string of the molecule is O=S1(=O)CC=C(c2cc(F)cc(F)c2)CC1. The van der Waals surface area contributed by atoms with Gasteiger partial charge in [0.2, 0.25) is 0 Å². The summed E-state index contributed by atoms with van der Waals surface area (Å²) in [6.45, 7) is 0. The Morgan fingerprint density at radius 2 is 1.69 bits per heavy atom. The van der Waals surface area contributed by atoms with Crippen LogP contribution in [0.5, 0.6) is 0 Å². The zero-order valence-electron chi connectivity index (χ0n) is 8.41. The highest BCUT2D eigenvalue weighted by Crippen LogP contribution is 2.24. The first-order valence-electron chi connectivity index (χ1n) is 4.82. The number of allylic oxidation sites excluding steroid dienone is 1. The van der Waals surface area contributed by atoms with Gasteiger partial charge in [0, 0.05) is 6.07 Å². The first-order valence-corrected chi connectivity index (χ1v) is 6.64. The smallest absolute Gasteiger partial charge is 0.154 e. The molecular weight excluding hydrogens is 234 g/mol. The average Bonchev–Trinajstić information content (AvgIpc) is 2.15. The van der Waals surface area contributed by atoms with Crippen LogP contribution >= 0.6 is 0 Å². The van der Waals surface area contributed by atoms with Gasteiger partial charge in [-0.2, -0.15) is 0 Å². The number of hydrogen-bond donors (Lipinski definition) is 0. The van der Waals surface area contributed by atoms with Crippen LogP contribution in [-0.2, 0) is 9.84 Å². The molecule has 0 atom stereocenters. The van der Waals surface area contributed by atoms with E-state index < -0.39 is 21.5 Å². The predicted octanol–water partition coefficient (Wildman–Crippen LogP) is 2.17. The summed E-state index contributed by atoms with van der Waals surface area (Å²) in [5, 5.41) is 0. The number of sulfone groups is 1. The van der Waals surface area contributed by atoms with Crippen LogP contribution in [0.3, 0.4) is 0 Å². The maximum atomic E-state index is 12.9. The van der Waals surface area contributed by atoms with Crippen molar-refractivity contribution < 1.29 is 17.2 Å². The second-order valence-corrected chi connectivity index (χ2v) is 5.98. The summed E-state index contributed by atoms with van der Waals surface area (Å²) < 4.78 is 48.2. The molecule has 0 bridgehead atoms. The van der Waals surface area contributed by atoms with Crippen molar-refractivity contribution in [2.75, 3.05) is 11.5 Å². The van der Waals surface area contributed by atoms with Crippen LogP contribution in [-0.4, -0.2) is 19.9 Å². The van der Waals surface area contributed by atoms with Gasteiger partial charge in [0.15, 0.2) is 9.84 Å². The molecule has 16 heavy (non-hydrogen) atoms. The van der Waals surface area contributed by atoms with Gasteiger partial charge >= 0.3 is 0 Å². The van der Waals surface area contributed by atoms with Crippen LogP contribution < -0.4 is 0 Å². The summed E-state index contributed by atoms with van der Waals surface area (Å²) >= 11 is 0. The molecule has 0 N–H and O–H groups in total. The zero-order chi connectivity index (χ0) is 11.8. The van der Waals surface area contributed by atoms with E-state index in [0.717, 1.165) is 6.07 Å². The highest BCUT2D eigenvalue weighted by Gasteiger charge is 2.18. The second kappa shape index (κ2) is 3.97. The number of benzene rings is 1. The summed E-state index contributed by atoms with van der Waals surface area (Å²) in [5.41, 5.74) is 1.11. The molecule has 0 unspecified atom stereocenters. The quantitative estimate of drug-likeness (QED) is 0.758. The monoisotopic (exact) mass is 244 g/mol. The lowest BCUT2D eigenvalue weighted by Crippen LogP contribution is -2.15. The molecule has 0 amide bonds. The Hall–Kier alpha value is -1.23. The van der Waals surface area contributed by atoms with Crippen LogP contribution in [0.4, 0.5) is 8.78 Å². The topological polar surface area (TPSA) is 34.1 Å². The molecular formula is C11H10F2O2S. The minimum absolute atomic E-state index is 0.0387. The van der Waals surface area contributed by atoms with Crippen molar-refractivity contribution in [1.82, 2.24) is 0 Å². The van der Waals surface area contributed by atoms with Crippen molar-refractivity contribution in [2.24, 2.45) is 0 Å². The first kappa shape index (κ1) is 11.3. The minimum atomic E-state index is -3.01. The lowest BCUT2D eigenvalue weighted by Gasteiger charge is -2.13. The third-order valence-electron chi connectivity index (χ3n) is 2.50. The van der Waals surface area contributed by atoms with E-state index in [0.29, 0.717) is 17.6 Å². The van der Waals surface area contributed by atoms with Gasteiger partial charge in [0.1, 0.15) is 11.6 Å². The Bertz CT molecular complexity index is 527.